The van der Waals surface area contributed by atoms with Crippen LogP contribution in [0, 0.1) is 10.1 Å². The standard InChI is InChI=1S/C8H5NO6.C2H4O2/c10-5-1-3-4(2-15-8(3)12)6(7(5)11)9(13)14;1-2(3)4/h1,10-11H,2H2;1H3,(H,3,4). The first-order valence-corrected chi connectivity index (χ1v) is 4.84. The highest BCUT2D eigenvalue weighted by Gasteiger charge is 2.34. The molecule has 0 aromatic heterocycles. The van der Waals surface area contributed by atoms with Crippen molar-refractivity contribution in [2.24, 2.45) is 0 Å². The lowest BCUT2D eigenvalue weighted by Gasteiger charge is -2.02. The van der Waals surface area contributed by atoms with Crippen molar-refractivity contribution in [1.82, 2.24) is 0 Å². The third kappa shape index (κ3) is 2.89. The molecule has 0 amide bonds. The number of aliphatic carboxylic acids is 1. The van der Waals surface area contributed by atoms with E-state index in [0.717, 1.165) is 13.0 Å². The van der Waals surface area contributed by atoms with E-state index in [9.17, 15) is 20.0 Å². The zero-order valence-electron chi connectivity index (χ0n) is 9.61. The number of fused-ring (bicyclic) bond motifs is 1. The van der Waals surface area contributed by atoms with Crippen LogP contribution in [0.4, 0.5) is 5.69 Å². The molecule has 0 fully saturated rings. The average Bonchev–Trinajstić information content (AvgIpc) is 2.60. The molecule has 1 aromatic rings. The molecule has 102 valence electrons. The summed E-state index contributed by atoms with van der Waals surface area (Å²) in [6.45, 7) is 0.818. The number of carbonyl (C=O) groups excluding carboxylic acids is 1. The number of cyclic esters (lactones) is 1. The smallest absolute Gasteiger partial charge is 0.339 e. The number of nitrogens with zero attached hydrogens (tertiary/aromatic N) is 1. The maximum Gasteiger partial charge on any atom is 0.339 e. The summed E-state index contributed by atoms with van der Waals surface area (Å²) >= 11 is 0. The van der Waals surface area contributed by atoms with E-state index in [4.69, 9.17) is 15.0 Å². The monoisotopic (exact) mass is 271 g/mol. The maximum absolute atomic E-state index is 11.1. The minimum Gasteiger partial charge on any atom is -0.504 e. The van der Waals surface area contributed by atoms with Crippen molar-refractivity contribution in [3.8, 4) is 11.5 Å². The number of esters is 1. The van der Waals surface area contributed by atoms with Crippen LogP contribution in [0.3, 0.4) is 0 Å². The molecule has 2 rings (SSSR count). The molecule has 0 bridgehead atoms. The lowest BCUT2D eigenvalue weighted by atomic mass is 10.1. The molecule has 0 saturated carbocycles. The predicted molar refractivity (Wildman–Crippen MR) is 58.9 cm³/mol. The molecule has 0 radical (unpaired) electrons. The summed E-state index contributed by atoms with van der Waals surface area (Å²) in [5, 5.41) is 36.5. The van der Waals surface area contributed by atoms with Crippen LogP contribution in [0.25, 0.3) is 0 Å². The summed E-state index contributed by atoms with van der Waals surface area (Å²) in [5.74, 6) is -3.14. The molecule has 1 aliphatic heterocycles. The zero-order valence-corrected chi connectivity index (χ0v) is 9.61. The number of hydrogen-bond acceptors (Lipinski definition) is 7. The van der Waals surface area contributed by atoms with Gasteiger partial charge in [0.1, 0.15) is 6.61 Å². The first-order chi connectivity index (χ1) is 8.75. The molecule has 1 heterocycles. The van der Waals surface area contributed by atoms with E-state index in [1.165, 1.54) is 0 Å². The SMILES string of the molecule is CC(=O)O.O=C1OCc2c1cc(O)c(O)c2[N+](=O)[O-]. The maximum atomic E-state index is 11.1. The molecule has 0 aliphatic carbocycles. The Labute approximate surface area is 105 Å². The zero-order chi connectivity index (χ0) is 14.7. The van der Waals surface area contributed by atoms with Gasteiger partial charge in [-0.15, -0.1) is 0 Å². The Morgan fingerprint density at radius 3 is 2.47 bits per heavy atom. The topological polar surface area (TPSA) is 147 Å². The molecule has 1 aromatic carbocycles. The van der Waals surface area contributed by atoms with Crippen LogP contribution in [-0.4, -0.2) is 32.2 Å². The number of benzene rings is 1. The van der Waals surface area contributed by atoms with E-state index in [0.29, 0.717) is 0 Å². The molecule has 9 heteroatoms. The van der Waals surface area contributed by atoms with Crippen molar-refractivity contribution in [2.45, 2.75) is 13.5 Å². The van der Waals surface area contributed by atoms with Gasteiger partial charge in [0.15, 0.2) is 5.75 Å². The van der Waals surface area contributed by atoms with E-state index in [1.807, 2.05) is 0 Å². The second-order valence-corrected chi connectivity index (χ2v) is 3.47. The summed E-state index contributed by atoms with van der Waals surface area (Å²) in [7, 11) is 0. The van der Waals surface area contributed by atoms with Gasteiger partial charge in [-0.25, -0.2) is 4.79 Å². The number of nitro benzene ring substituents is 1. The third-order valence-electron chi connectivity index (χ3n) is 2.11. The summed E-state index contributed by atoms with van der Waals surface area (Å²) in [5.41, 5.74) is -0.784. The normalized spacial score (nSPS) is 11.9. The van der Waals surface area contributed by atoms with Crippen LogP contribution >= 0.6 is 0 Å². The molecule has 3 N–H and O–H groups in total. The number of ether oxygens (including phenoxy) is 1. The number of carboxylic acid groups (broad SMARTS) is 1. The number of phenolic OH excluding ortho intramolecular Hbond substituents is 2. The number of hydrogen-bond donors (Lipinski definition) is 3. The third-order valence-corrected chi connectivity index (χ3v) is 2.11. The van der Waals surface area contributed by atoms with Crippen molar-refractivity contribution in [2.75, 3.05) is 0 Å². The van der Waals surface area contributed by atoms with Crippen LogP contribution in [0.15, 0.2) is 6.07 Å². The molecular weight excluding hydrogens is 262 g/mol. The van der Waals surface area contributed by atoms with Crippen LogP contribution in [0.1, 0.15) is 22.8 Å². The summed E-state index contributed by atoms with van der Waals surface area (Å²) in [4.78, 5) is 29.8. The van der Waals surface area contributed by atoms with Gasteiger partial charge in [-0.3, -0.25) is 14.9 Å². The minimum absolute atomic E-state index is 0.0136. The Bertz CT molecular complexity index is 561. The first-order valence-electron chi connectivity index (χ1n) is 4.84. The van der Waals surface area contributed by atoms with Crippen molar-refractivity contribution in [1.29, 1.82) is 0 Å². The quantitative estimate of drug-likeness (QED) is 0.293. The number of carbonyl (C=O) groups is 2. The summed E-state index contributed by atoms with van der Waals surface area (Å²) in [6.07, 6.45) is 0. The van der Waals surface area contributed by atoms with Crippen LogP contribution < -0.4 is 0 Å². The molecule has 0 spiro atoms. The highest BCUT2D eigenvalue weighted by atomic mass is 16.6. The fourth-order valence-electron chi connectivity index (χ4n) is 1.42. The Balaban J connectivity index is 0.000000399. The molecule has 9 nitrogen and oxygen atoms in total. The first kappa shape index (κ1) is 14.2. The number of nitro groups is 1. The van der Waals surface area contributed by atoms with Gasteiger partial charge in [-0.1, -0.05) is 0 Å². The lowest BCUT2D eigenvalue weighted by molar-refractivity contribution is -0.386. The van der Waals surface area contributed by atoms with Crippen molar-refractivity contribution >= 4 is 17.6 Å². The number of phenols is 2. The largest absolute Gasteiger partial charge is 0.504 e. The van der Waals surface area contributed by atoms with E-state index >= 15 is 0 Å². The van der Waals surface area contributed by atoms with Gasteiger partial charge in [0.25, 0.3) is 5.97 Å². The van der Waals surface area contributed by atoms with Gasteiger partial charge >= 0.3 is 11.7 Å². The highest BCUT2D eigenvalue weighted by molar-refractivity contribution is 5.96. The number of carboxylic acids is 1. The minimum atomic E-state index is -0.865. The van der Waals surface area contributed by atoms with Gasteiger partial charge < -0.3 is 20.1 Å². The Hall–Kier alpha value is -2.84. The molecule has 1 aliphatic rings. The van der Waals surface area contributed by atoms with Crippen LogP contribution in [-0.2, 0) is 16.1 Å². The van der Waals surface area contributed by atoms with E-state index in [2.05, 4.69) is 4.74 Å². The highest BCUT2D eigenvalue weighted by Crippen LogP contribution is 2.42. The van der Waals surface area contributed by atoms with Crippen LogP contribution in [0.5, 0.6) is 11.5 Å². The lowest BCUT2D eigenvalue weighted by Crippen LogP contribution is -1.97. The average molecular weight is 271 g/mol. The molecular formula is C10H9NO8. The molecule has 0 saturated heterocycles. The number of rotatable bonds is 1. The van der Waals surface area contributed by atoms with Gasteiger partial charge in [0, 0.05) is 6.92 Å². The van der Waals surface area contributed by atoms with Gasteiger partial charge in [-0.05, 0) is 6.07 Å². The van der Waals surface area contributed by atoms with E-state index in [-0.39, 0.29) is 17.7 Å². The second kappa shape index (κ2) is 5.21. The second-order valence-electron chi connectivity index (χ2n) is 3.47. The van der Waals surface area contributed by atoms with Gasteiger partial charge in [0.05, 0.1) is 16.1 Å². The van der Waals surface area contributed by atoms with Gasteiger partial charge in [-0.2, -0.15) is 0 Å². The van der Waals surface area contributed by atoms with Crippen molar-refractivity contribution in [3.05, 3.63) is 27.3 Å². The Morgan fingerprint density at radius 1 is 1.47 bits per heavy atom. The Morgan fingerprint density at radius 2 is 2.00 bits per heavy atom. The fourth-order valence-corrected chi connectivity index (χ4v) is 1.42. The summed E-state index contributed by atoms with van der Waals surface area (Å²) < 4.78 is 4.56. The Kier molecular flexibility index (Phi) is 3.90. The van der Waals surface area contributed by atoms with Gasteiger partial charge in [0.2, 0.25) is 5.75 Å². The van der Waals surface area contributed by atoms with E-state index in [1.54, 1.807) is 0 Å². The molecule has 0 atom stereocenters. The number of aromatic hydroxyl groups is 2. The molecule has 0 unspecified atom stereocenters. The predicted octanol–water partition coefficient (Wildman–Crippen LogP) is 0.767. The van der Waals surface area contributed by atoms with Crippen molar-refractivity contribution in [3.63, 3.8) is 0 Å². The molecule has 19 heavy (non-hydrogen) atoms. The fraction of sp³-hybridized carbons (Fsp3) is 0.200. The van der Waals surface area contributed by atoms with Crippen LogP contribution in [0.2, 0.25) is 0 Å². The van der Waals surface area contributed by atoms with E-state index < -0.39 is 34.0 Å². The van der Waals surface area contributed by atoms with Crippen molar-refractivity contribution < 1.29 is 34.6 Å². The summed E-state index contributed by atoms with van der Waals surface area (Å²) in [6, 6.07) is 0.951.